The van der Waals surface area contributed by atoms with Crippen LogP contribution in [-0.2, 0) is 10.0 Å². The van der Waals surface area contributed by atoms with Crippen LogP contribution in [0, 0.1) is 0 Å². The topological polar surface area (TPSA) is 46.2 Å². The van der Waals surface area contributed by atoms with E-state index in [-0.39, 0.29) is 0 Å². The second kappa shape index (κ2) is 4.17. The van der Waals surface area contributed by atoms with Gasteiger partial charge in [0.25, 0.3) is 0 Å². The van der Waals surface area contributed by atoms with E-state index in [0.717, 1.165) is 0 Å². The van der Waals surface area contributed by atoms with Crippen molar-refractivity contribution in [3.05, 3.63) is 29.3 Å². The number of benzene rings is 1. The Hall–Kier alpha value is -0.450. The molecule has 1 rings (SSSR count). The normalized spacial score (nSPS) is 11.2. The number of rotatable bonds is 3. The predicted octanol–water partition coefficient (Wildman–Crippen LogP) is 2.28. The summed E-state index contributed by atoms with van der Waals surface area (Å²) in [6.07, 6.45) is 0. The first-order valence-corrected chi connectivity index (χ1v) is 5.92. The largest absolute Gasteiger partial charge is 0.283 e. The van der Waals surface area contributed by atoms with Crippen LogP contribution in [0.2, 0.25) is 5.02 Å². The van der Waals surface area contributed by atoms with Gasteiger partial charge in [-0.05, 0) is 18.2 Å². The zero-order valence-electron chi connectivity index (χ0n) is 6.50. The molecular formula is C7H7Cl2NO2S. The molecular weight excluding hydrogens is 233 g/mol. The van der Waals surface area contributed by atoms with Crippen LogP contribution in [-0.4, -0.2) is 13.6 Å². The molecule has 0 amide bonds. The van der Waals surface area contributed by atoms with Gasteiger partial charge >= 0.3 is 0 Å². The molecule has 0 aliphatic rings. The van der Waals surface area contributed by atoms with Gasteiger partial charge in [0.15, 0.2) is 0 Å². The summed E-state index contributed by atoms with van der Waals surface area (Å²) in [4.78, 5) is 0. The Labute approximate surface area is 86.7 Å². The fraction of sp³-hybridized carbons (Fsp3) is 0.143. The number of sulfonamides is 1. The molecule has 3 nitrogen and oxygen atoms in total. The standard InChI is InChI=1S/C7H7Cl2NO2S/c8-5-13(11,12)10-7-3-1-2-6(9)4-7/h1-4,10H,5H2. The smallest absolute Gasteiger partial charge is 0.246 e. The van der Waals surface area contributed by atoms with Crippen LogP contribution < -0.4 is 4.72 Å². The van der Waals surface area contributed by atoms with Gasteiger partial charge in [-0.2, -0.15) is 0 Å². The van der Waals surface area contributed by atoms with Crippen molar-refractivity contribution in [2.45, 2.75) is 0 Å². The van der Waals surface area contributed by atoms with E-state index in [0.29, 0.717) is 10.7 Å². The fourth-order valence-corrected chi connectivity index (χ4v) is 1.65. The van der Waals surface area contributed by atoms with Gasteiger partial charge < -0.3 is 0 Å². The monoisotopic (exact) mass is 239 g/mol. The van der Waals surface area contributed by atoms with Crippen molar-refractivity contribution in [3.8, 4) is 0 Å². The van der Waals surface area contributed by atoms with Crippen molar-refractivity contribution in [2.75, 3.05) is 9.93 Å². The highest BCUT2D eigenvalue weighted by Crippen LogP contribution is 2.16. The highest BCUT2D eigenvalue weighted by molar-refractivity contribution is 7.93. The number of halogens is 2. The summed E-state index contributed by atoms with van der Waals surface area (Å²) in [7, 11) is -3.43. The first kappa shape index (κ1) is 10.6. The maximum atomic E-state index is 11.0. The van der Waals surface area contributed by atoms with Crippen LogP contribution in [0.25, 0.3) is 0 Å². The number of hydrogen-bond donors (Lipinski definition) is 1. The van der Waals surface area contributed by atoms with E-state index < -0.39 is 15.2 Å². The molecule has 13 heavy (non-hydrogen) atoms. The number of hydrogen-bond acceptors (Lipinski definition) is 2. The van der Waals surface area contributed by atoms with Gasteiger partial charge in [-0.15, -0.1) is 11.6 Å². The van der Waals surface area contributed by atoms with Gasteiger partial charge in [0.2, 0.25) is 10.0 Å². The van der Waals surface area contributed by atoms with Gasteiger partial charge in [-0.1, -0.05) is 17.7 Å². The quantitative estimate of drug-likeness (QED) is 0.824. The average Bonchev–Trinajstić information content (AvgIpc) is 2.03. The molecule has 0 bridgehead atoms. The van der Waals surface area contributed by atoms with E-state index >= 15 is 0 Å². The van der Waals surface area contributed by atoms with Crippen molar-refractivity contribution in [1.29, 1.82) is 0 Å². The fourth-order valence-electron chi connectivity index (χ4n) is 0.759. The average molecular weight is 240 g/mol. The Balaban J connectivity index is 2.87. The van der Waals surface area contributed by atoms with Crippen LogP contribution >= 0.6 is 23.2 Å². The third-order valence-electron chi connectivity index (χ3n) is 1.24. The molecule has 0 saturated heterocycles. The van der Waals surface area contributed by atoms with E-state index in [4.69, 9.17) is 23.2 Å². The maximum Gasteiger partial charge on any atom is 0.246 e. The highest BCUT2D eigenvalue weighted by Gasteiger charge is 2.07. The molecule has 1 N–H and O–H groups in total. The van der Waals surface area contributed by atoms with Crippen LogP contribution in [0.15, 0.2) is 24.3 Å². The highest BCUT2D eigenvalue weighted by atomic mass is 35.5. The van der Waals surface area contributed by atoms with Crippen molar-refractivity contribution in [1.82, 2.24) is 0 Å². The van der Waals surface area contributed by atoms with Gasteiger partial charge in [-0.3, -0.25) is 4.72 Å². The number of nitrogens with one attached hydrogen (secondary N) is 1. The maximum absolute atomic E-state index is 11.0. The number of anilines is 1. The van der Waals surface area contributed by atoms with E-state index in [1.165, 1.54) is 6.07 Å². The minimum absolute atomic E-state index is 0.410. The van der Waals surface area contributed by atoms with Crippen molar-refractivity contribution >= 4 is 38.9 Å². The first-order chi connectivity index (χ1) is 6.03. The lowest BCUT2D eigenvalue weighted by Gasteiger charge is -2.04. The van der Waals surface area contributed by atoms with E-state index in [1.807, 2.05) is 0 Å². The molecule has 0 radical (unpaired) electrons. The minimum atomic E-state index is -3.43. The molecule has 0 aliphatic carbocycles. The zero-order valence-corrected chi connectivity index (χ0v) is 8.83. The van der Waals surface area contributed by atoms with Gasteiger partial charge in [-0.25, -0.2) is 8.42 Å². The Morgan fingerprint density at radius 2 is 2.08 bits per heavy atom. The van der Waals surface area contributed by atoms with Crippen molar-refractivity contribution in [2.24, 2.45) is 0 Å². The third kappa shape index (κ3) is 3.42. The van der Waals surface area contributed by atoms with Crippen molar-refractivity contribution in [3.63, 3.8) is 0 Å². The molecule has 6 heteroatoms. The SMILES string of the molecule is O=S(=O)(CCl)Nc1cccc(Cl)c1. The Bertz CT molecular complexity index is 391. The number of alkyl halides is 1. The first-order valence-electron chi connectivity index (χ1n) is 3.35. The second-order valence-corrected chi connectivity index (χ2v) is 5.08. The van der Waals surface area contributed by atoms with Gasteiger partial charge in [0.1, 0.15) is 5.21 Å². The molecule has 0 aliphatic heterocycles. The lowest BCUT2D eigenvalue weighted by atomic mass is 10.3. The molecule has 0 atom stereocenters. The van der Waals surface area contributed by atoms with Gasteiger partial charge in [0, 0.05) is 10.7 Å². The summed E-state index contributed by atoms with van der Waals surface area (Å²) in [5, 5.41) is -0.00532. The lowest BCUT2D eigenvalue weighted by Crippen LogP contribution is -2.13. The third-order valence-corrected chi connectivity index (χ3v) is 3.17. The van der Waals surface area contributed by atoms with Gasteiger partial charge in [0.05, 0.1) is 0 Å². The Morgan fingerprint density at radius 1 is 1.38 bits per heavy atom. The van der Waals surface area contributed by atoms with Crippen LogP contribution in [0.3, 0.4) is 0 Å². The van der Waals surface area contributed by atoms with Crippen LogP contribution in [0.5, 0.6) is 0 Å². The van der Waals surface area contributed by atoms with E-state index in [2.05, 4.69) is 4.72 Å². The Morgan fingerprint density at radius 3 is 2.62 bits per heavy atom. The predicted molar refractivity (Wildman–Crippen MR) is 54.7 cm³/mol. The summed E-state index contributed by atoms with van der Waals surface area (Å²) in [6, 6.07) is 6.40. The summed E-state index contributed by atoms with van der Waals surface area (Å²) in [6.45, 7) is 0. The molecule has 0 aromatic heterocycles. The minimum Gasteiger partial charge on any atom is -0.283 e. The zero-order chi connectivity index (χ0) is 9.90. The summed E-state index contributed by atoms with van der Waals surface area (Å²) < 4.78 is 24.3. The van der Waals surface area contributed by atoms with Crippen molar-refractivity contribution < 1.29 is 8.42 Å². The molecule has 0 heterocycles. The molecule has 0 fully saturated rings. The summed E-state index contributed by atoms with van der Waals surface area (Å²) in [5.41, 5.74) is 0.410. The molecule has 0 saturated carbocycles. The summed E-state index contributed by atoms with van der Waals surface area (Å²) >= 11 is 10.8. The molecule has 1 aromatic carbocycles. The van der Waals surface area contributed by atoms with E-state index in [1.54, 1.807) is 18.2 Å². The lowest BCUT2D eigenvalue weighted by molar-refractivity contribution is 0.605. The second-order valence-electron chi connectivity index (χ2n) is 2.34. The molecule has 1 aromatic rings. The van der Waals surface area contributed by atoms with Crippen LogP contribution in [0.1, 0.15) is 0 Å². The molecule has 72 valence electrons. The summed E-state index contributed by atoms with van der Waals surface area (Å²) in [5.74, 6) is 0. The van der Waals surface area contributed by atoms with Crippen LogP contribution in [0.4, 0.5) is 5.69 Å². The molecule has 0 spiro atoms. The molecule has 0 unspecified atom stereocenters. The Kier molecular flexibility index (Phi) is 3.41. The van der Waals surface area contributed by atoms with E-state index in [9.17, 15) is 8.42 Å².